The molecule has 0 aliphatic carbocycles. The van der Waals surface area contributed by atoms with Crippen LogP contribution >= 0.6 is 0 Å². The van der Waals surface area contributed by atoms with Gasteiger partial charge in [0.1, 0.15) is 17.3 Å². The van der Waals surface area contributed by atoms with E-state index >= 15 is 0 Å². The number of aryl methyl sites for hydroxylation is 1. The van der Waals surface area contributed by atoms with Gasteiger partial charge in [0, 0.05) is 32.3 Å². The summed E-state index contributed by atoms with van der Waals surface area (Å²) in [6.45, 7) is 7.27. The first-order chi connectivity index (χ1) is 11.1. The van der Waals surface area contributed by atoms with Crippen molar-refractivity contribution in [3.8, 4) is 0 Å². The number of rotatable bonds is 4. The maximum atomic E-state index is 12.7. The van der Waals surface area contributed by atoms with Crippen molar-refractivity contribution in [3.05, 3.63) is 17.6 Å². The topological polar surface area (TPSA) is 67.4 Å². The molecule has 0 saturated carbocycles. The van der Waals surface area contributed by atoms with Crippen LogP contribution in [-0.2, 0) is 4.74 Å². The fourth-order valence-corrected chi connectivity index (χ4v) is 3.17. The summed E-state index contributed by atoms with van der Waals surface area (Å²) in [6, 6.07) is 1.77. The molecule has 0 radical (unpaired) electrons. The molecular formula is C17H26N4O2. The Kier molecular flexibility index (Phi) is 5.10. The van der Waals surface area contributed by atoms with E-state index in [0.29, 0.717) is 23.3 Å². The van der Waals surface area contributed by atoms with Crippen molar-refractivity contribution in [2.45, 2.75) is 45.6 Å². The number of carbonyl (C=O) groups is 1. The highest BCUT2D eigenvalue weighted by molar-refractivity contribution is 5.93. The summed E-state index contributed by atoms with van der Waals surface area (Å²) in [7, 11) is 0. The molecule has 2 aliphatic heterocycles. The Bertz CT molecular complexity index is 550. The number of aromatic nitrogens is 2. The highest BCUT2D eigenvalue weighted by Gasteiger charge is 2.23. The van der Waals surface area contributed by atoms with E-state index in [2.05, 4.69) is 22.2 Å². The Morgan fingerprint density at radius 3 is 2.83 bits per heavy atom. The molecule has 1 aromatic rings. The van der Waals surface area contributed by atoms with Gasteiger partial charge in [-0.15, -0.1) is 0 Å². The summed E-state index contributed by atoms with van der Waals surface area (Å²) in [5.74, 6) is 2.05. The molecule has 2 aliphatic rings. The van der Waals surface area contributed by atoms with Gasteiger partial charge < -0.3 is 15.0 Å². The minimum absolute atomic E-state index is 0.0163. The number of nitrogens with zero attached hydrogens (tertiary/aromatic N) is 3. The standard InChI is InChI=1S/C17H26N4O2/c1-12-5-7-21(8-6-12)17(22)15-10-16(20-13(2)19-15)18-11-14-4-3-9-23-14/h10,12,14H,3-9,11H2,1-2H3,(H,18,19,20). The summed E-state index contributed by atoms with van der Waals surface area (Å²) < 4.78 is 5.61. The van der Waals surface area contributed by atoms with Gasteiger partial charge in [0.05, 0.1) is 6.10 Å². The molecule has 23 heavy (non-hydrogen) atoms. The van der Waals surface area contributed by atoms with E-state index in [1.54, 1.807) is 6.07 Å². The summed E-state index contributed by atoms with van der Waals surface area (Å²) in [5.41, 5.74) is 0.488. The molecule has 126 valence electrons. The molecule has 1 aromatic heterocycles. The number of nitrogens with one attached hydrogen (secondary N) is 1. The van der Waals surface area contributed by atoms with E-state index in [1.807, 2.05) is 11.8 Å². The van der Waals surface area contributed by atoms with Gasteiger partial charge >= 0.3 is 0 Å². The van der Waals surface area contributed by atoms with Crippen molar-refractivity contribution in [3.63, 3.8) is 0 Å². The van der Waals surface area contributed by atoms with Crippen molar-refractivity contribution in [2.75, 3.05) is 31.6 Å². The van der Waals surface area contributed by atoms with Gasteiger partial charge in [-0.05, 0) is 38.5 Å². The van der Waals surface area contributed by atoms with Crippen LogP contribution in [0.2, 0.25) is 0 Å². The molecule has 3 rings (SSSR count). The number of anilines is 1. The van der Waals surface area contributed by atoms with Crippen molar-refractivity contribution >= 4 is 11.7 Å². The number of ether oxygens (including phenoxy) is 1. The van der Waals surface area contributed by atoms with Crippen LogP contribution < -0.4 is 5.32 Å². The highest BCUT2D eigenvalue weighted by atomic mass is 16.5. The Balaban J connectivity index is 1.65. The largest absolute Gasteiger partial charge is 0.376 e. The maximum absolute atomic E-state index is 12.7. The molecule has 1 N–H and O–H groups in total. The van der Waals surface area contributed by atoms with E-state index in [4.69, 9.17) is 4.74 Å². The summed E-state index contributed by atoms with van der Waals surface area (Å²) in [6.07, 6.45) is 4.58. The van der Waals surface area contributed by atoms with Crippen LogP contribution in [0.5, 0.6) is 0 Å². The monoisotopic (exact) mass is 318 g/mol. The molecule has 0 spiro atoms. The molecule has 1 atom stereocenters. The predicted octanol–water partition coefficient (Wildman–Crippen LogP) is 2.25. The third kappa shape index (κ3) is 4.19. The van der Waals surface area contributed by atoms with Crippen LogP contribution in [0.15, 0.2) is 6.07 Å². The normalized spacial score (nSPS) is 22.3. The Labute approximate surface area is 137 Å². The minimum Gasteiger partial charge on any atom is -0.376 e. The number of hydrogen-bond acceptors (Lipinski definition) is 5. The Morgan fingerprint density at radius 1 is 1.35 bits per heavy atom. The van der Waals surface area contributed by atoms with Crippen LogP contribution in [0, 0.1) is 12.8 Å². The number of piperidine rings is 1. The number of amides is 1. The van der Waals surface area contributed by atoms with Crippen LogP contribution in [0.25, 0.3) is 0 Å². The maximum Gasteiger partial charge on any atom is 0.272 e. The predicted molar refractivity (Wildman–Crippen MR) is 88.5 cm³/mol. The highest BCUT2D eigenvalue weighted by Crippen LogP contribution is 2.19. The average molecular weight is 318 g/mol. The fraction of sp³-hybridized carbons (Fsp3) is 0.706. The molecule has 6 heteroatoms. The van der Waals surface area contributed by atoms with Crippen LogP contribution in [0.1, 0.15) is 48.9 Å². The Morgan fingerprint density at radius 2 is 2.13 bits per heavy atom. The molecule has 0 aromatic carbocycles. The lowest BCUT2D eigenvalue weighted by atomic mass is 9.99. The molecule has 2 saturated heterocycles. The third-order valence-corrected chi connectivity index (χ3v) is 4.66. The first-order valence-corrected chi connectivity index (χ1v) is 8.62. The van der Waals surface area contributed by atoms with Gasteiger partial charge in [-0.1, -0.05) is 6.92 Å². The SMILES string of the molecule is Cc1nc(NCC2CCCO2)cc(C(=O)N2CCC(C)CC2)n1. The lowest BCUT2D eigenvalue weighted by Gasteiger charge is -2.30. The smallest absolute Gasteiger partial charge is 0.272 e. The van der Waals surface area contributed by atoms with Gasteiger partial charge in [0.15, 0.2) is 0 Å². The second-order valence-corrected chi connectivity index (χ2v) is 6.68. The zero-order valence-electron chi connectivity index (χ0n) is 14.0. The molecule has 3 heterocycles. The van der Waals surface area contributed by atoms with Crippen molar-refractivity contribution < 1.29 is 9.53 Å². The second kappa shape index (κ2) is 7.25. The molecular weight excluding hydrogens is 292 g/mol. The first kappa shape index (κ1) is 16.2. The molecule has 0 bridgehead atoms. The molecule has 2 fully saturated rings. The van der Waals surface area contributed by atoms with Gasteiger partial charge in [-0.3, -0.25) is 4.79 Å². The van der Waals surface area contributed by atoms with Crippen molar-refractivity contribution in [1.82, 2.24) is 14.9 Å². The van der Waals surface area contributed by atoms with Crippen molar-refractivity contribution in [2.24, 2.45) is 5.92 Å². The number of likely N-dealkylation sites (tertiary alicyclic amines) is 1. The van der Waals surface area contributed by atoms with Gasteiger partial charge in [-0.25, -0.2) is 9.97 Å². The quantitative estimate of drug-likeness (QED) is 0.922. The van der Waals surface area contributed by atoms with Crippen LogP contribution in [0.3, 0.4) is 0 Å². The minimum atomic E-state index is 0.0163. The van der Waals surface area contributed by atoms with E-state index in [-0.39, 0.29) is 12.0 Å². The summed E-state index contributed by atoms with van der Waals surface area (Å²) in [5, 5.41) is 3.29. The van der Waals surface area contributed by atoms with E-state index < -0.39 is 0 Å². The van der Waals surface area contributed by atoms with E-state index in [1.165, 1.54) is 0 Å². The second-order valence-electron chi connectivity index (χ2n) is 6.68. The molecule has 1 amide bonds. The summed E-state index contributed by atoms with van der Waals surface area (Å²) >= 11 is 0. The van der Waals surface area contributed by atoms with Gasteiger partial charge in [0.2, 0.25) is 0 Å². The zero-order chi connectivity index (χ0) is 16.2. The number of hydrogen-bond donors (Lipinski definition) is 1. The molecule has 1 unspecified atom stereocenters. The first-order valence-electron chi connectivity index (χ1n) is 8.62. The third-order valence-electron chi connectivity index (χ3n) is 4.66. The van der Waals surface area contributed by atoms with E-state index in [9.17, 15) is 4.79 Å². The lowest BCUT2D eigenvalue weighted by Crippen LogP contribution is -2.38. The van der Waals surface area contributed by atoms with E-state index in [0.717, 1.165) is 51.9 Å². The van der Waals surface area contributed by atoms with Crippen molar-refractivity contribution in [1.29, 1.82) is 0 Å². The van der Waals surface area contributed by atoms with Gasteiger partial charge in [0.25, 0.3) is 5.91 Å². The zero-order valence-corrected chi connectivity index (χ0v) is 14.0. The summed E-state index contributed by atoms with van der Waals surface area (Å²) in [4.78, 5) is 23.3. The Hall–Kier alpha value is -1.69. The molecule has 6 nitrogen and oxygen atoms in total. The lowest BCUT2D eigenvalue weighted by molar-refractivity contribution is 0.0691. The fourth-order valence-electron chi connectivity index (χ4n) is 3.17. The average Bonchev–Trinajstić information content (AvgIpc) is 3.06. The van der Waals surface area contributed by atoms with Crippen LogP contribution in [-0.4, -0.2) is 53.1 Å². The van der Waals surface area contributed by atoms with Crippen LogP contribution in [0.4, 0.5) is 5.82 Å². The number of carbonyl (C=O) groups excluding carboxylic acids is 1. The van der Waals surface area contributed by atoms with Gasteiger partial charge in [-0.2, -0.15) is 0 Å².